The van der Waals surface area contributed by atoms with E-state index in [1.54, 1.807) is 0 Å². The largest absolute Gasteiger partial charge is 0.432 e. The average molecular weight is 805 g/mol. The summed E-state index contributed by atoms with van der Waals surface area (Å²) in [6.45, 7) is 6.52. The van der Waals surface area contributed by atoms with E-state index in [9.17, 15) is 61.0 Å². The van der Waals surface area contributed by atoms with E-state index in [1.165, 1.54) is 0 Å². The maximum absolute atomic E-state index is 14.1. The number of aliphatic hydroxyl groups is 11. The van der Waals surface area contributed by atoms with Crippen molar-refractivity contribution in [2.45, 2.75) is 169 Å². The van der Waals surface area contributed by atoms with Crippen LogP contribution >= 0.6 is 0 Å². The number of carbonyl (C=O) groups excluding carboxylic acids is 1. The van der Waals surface area contributed by atoms with E-state index in [0.717, 1.165) is 18.4 Å². The fourth-order valence-electron chi connectivity index (χ4n) is 12.0. The Kier molecular flexibility index (Phi) is 11.9. The van der Waals surface area contributed by atoms with Gasteiger partial charge in [0.05, 0.1) is 30.8 Å². The van der Waals surface area contributed by atoms with E-state index in [1.807, 2.05) is 6.92 Å². The first-order chi connectivity index (χ1) is 26.4. The summed E-state index contributed by atoms with van der Waals surface area (Å²) in [4.78, 5) is 14.1. The van der Waals surface area contributed by atoms with Gasteiger partial charge < -0.3 is 84.6 Å². The van der Waals surface area contributed by atoms with Crippen LogP contribution in [0.15, 0.2) is 12.2 Å². The highest BCUT2D eigenvalue weighted by Gasteiger charge is 2.69. The first kappa shape index (κ1) is 42.7. The second-order valence-corrected chi connectivity index (χ2v) is 18.0. The molecule has 1 unspecified atom stereocenters. The fraction of sp³-hybridized carbons (Fsp3) is 0.921. The van der Waals surface area contributed by atoms with Gasteiger partial charge in [-0.3, -0.25) is 4.79 Å². The SMILES string of the molecule is C=C1C[C@]23CC[C@H]4C(C)(C(=O)O[C@@H]5O[C@H](CO)[C@@H](O)[C@H](O)[C@H]5O)CCC[C@]4(C)[C@H]2CC[C@]1(O[C@@H]1O[C@H](CO)[C@@H](O)[C@H](O)[C@H]1O[C@@H]1O[C@H](CO)[C@@H](O)[C@H](O)[C@H]1O)C3. The lowest BCUT2D eigenvalue weighted by atomic mass is 9.41. The summed E-state index contributed by atoms with van der Waals surface area (Å²) in [5.41, 5.74) is -1.80. The van der Waals surface area contributed by atoms with Crippen LogP contribution in [-0.4, -0.2) is 180 Å². The van der Waals surface area contributed by atoms with E-state index >= 15 is 0 Å². The van der Waals surface area contributed by atoms with Gasteiger partial charge in [0, 0.05) is 0 Å². The van der Waals surface area contributed by atoms with Gasteiger partial charge in [-0.25, -0.2) is 0 Å². The van der Waals surface area contributed by atoms with Crippen LogP contribution in [0.25, 0.3) is 0 Å². The number of hydrogen-bond donors (Lipinski definition) is 11. The van der Waals surface area contributed by atoms with Crippen molar-refractivity contribution in [3.8, 4) is 0 Å². The van der Waals surface area contributed by atoms with Crippen LogP contribution in [0.1, 0.15) is 71.6 Å². The highest BCUT2D eigenvalue weighted by atomic mass is 16.8. The van der Waals surface area contributed by atoms with Crippen molar-refractivity contribution in [1.29, 1.82) is 0 Å². The topological polar surface area (TPSA) is 295 Å². The number of rotatable bonds is 9. The molecule has 320 valence electrons. The van der Waals surface area contributed by atoms with Gasteiger partial charge in [-0.2, -0.15) is 0 Å². The summed E-state index contributed by atoms with van der Waals surface area (Å²) in [5, 5.41) is 114. The molecule has 56 heavy (non-hydrogen) atoms. The molecular weight excluding hydrogens is 744 g/mol. The minimum atomic E-state index is -1.81. The highest BCUT2D eigenvalue weighted by molar-refractivity contribution is 5.77. The van der Waals surface area contributed by atoms with Crippen LogP contribution < -0.4 is 0 Å². The highest BCUT2D eigenvalue weighted by Crippen LogP contribution is 2.73. The summed E-state index contributed by atoms with van der Waals surface area (Å²) in [6, 6.07) is 0. The van der Waals surface area contributed by atoms with E-state index < -0.39 is 129 Å². The van der Waals surface area contributed by atoms with Crippen molar-refractivity contribution in [1.82, 2.24) is 0 Å². The van der Waals surface area contributed by atoms with Crippen molar-refractivity contribution >= 4 is 5.97 Å². The molecule has 7 fully saturated rings. The van der Waals surface area contributed by atoms with Gasteiger partial charge in [-0.05, 0) is 86.5 Å². The molecule has 0 amide bonds. The van der Waals surface area contributed by atoms with Gasteiger partial charge in [-0.15, -0.1) is 0 Å². The molecule has 3 saturated heterocycles. The lowest BCUT2D eigenvalue weighted by Gasteiger charge is -2.64. The number of fused-ring (bicyclic) bond motifs is 3. The van der Waals surface area contributed by atoms with E-state index in [4.69, 9.17) is 28.4 Å². The number of carbonyl (C=O) groups is 1. The molecule has 18 nitrogen and oxygen atoms in total. The molecule has 0 aromatic heterocycles. The first-order valence-electron chi connectivity index (χ1n) is 19.9. The monoisotopic (exact) mass is 804 g/mol. The Morgan fingerprint density at radius 3 is 1.82 bits per heavy atom. The average Bonchev–Trinajstić information content (AvgIpc) is 3.37. The Morgan fingerprint density at radius 1 is 0.679 bits per heavy atom. The standard InChI is InChI=1S/C38H60O18/c1-16-11-37-9-5-20-35(2,7-4-8-36(20,3)34(50)55-32-29(49)26(46)23(43)18(13-40)52-32)21(37)6-10-38(16,15-37)56-33-30(27(47)24(44)19(14-41)53-33)54-31-28(48)25(45)22(42)17(12-39)51-31/h17-33,39-49H,1,4-15H2,2-3H3/t17-,18-,19-,20-,21-,22-,23-,24-,25+,26+,27+,28-,29-,30-,31+,32+,33+,35+,36?,37+,38+/m1/s1. The number of esters is 1. The molecule has 7 rings (SSSR count). The van der Waals surface area contributed by atoms with Gasteiger partial charge in [0.1, 0.15) is 73.2 Å². The molecular formula is C38H60O18. The van der Waals surface area contributed by atoms with Crippen molar-refractivity contribution in [3.05, 3.63) is 12.2 Å². The maximum Gasteiger partial charge on any atom is 0.314 e. The third-order valence-electron chi connectivity index (χ3n) is 15.0. The second-order valence-electron chi connectivity index (χ2n) is 18.0. The molecule has 0 radical (unpaired) electrons. The Hall–Kier alpha value is -1.43. The molecule has 11 N–H and O–H groups in total. The molecule has 7 aliphatic rings. The predicted molar refractivity (Wildman–Crippen MR) is 186 cm³/mol. The molecule has 4 saturated carbocycles. The Labute approximate surface area is 324 Å². The Morgan fingerprint density at radius 2 is 1.21 bits per heavy atom. The van der Waals surface area contributed by atoms with Crippen molar-refractivity contribution in [3.63, 3.8) is 0 Å². The molecule has 4 aliphatic carbocycles. The second kappa shape index (κ2) is 15.6. The van der Waals surface area contributed by atoms with Crippen LogP contribution in [-0.2, 0) is 33.2 Å². The normalized spacial score (nSPS) is 54.6. The van der Waals surface area contributed by atoms with Crippen LogP contribution in [0.4, 0.5) is 0 Å². The smallest absolute Gasteiger partial charge is 0.314 e. The molecule has 3 heterocycles. The quantitative estimate of drug-likeness (QED) is 0.0631. The molecule has 1 spiro atoms. The van der Waals surface area contributed by atoms with E-state index in [2.05, 4.69) is 13.5 Å². The van der Waals surface area contributed by atoms with Crippen molar-refractivity contribution < 1.29 is 89.4 Å². The van der Waals surface area contributed by atoms with Crippen LogP contribution in [0.3, 0.4) is 0 Å². The molecule has 21 atom stereocenters. The van der Waals surface area contributed by atoms with Crippen LogP contribution in [0, 0.1) is 28.1 Å². The maximum atomic E-state index is 14.1. The summed E-state index contributed by atoms with van der Waals surface area (Å²) >= 11 is 0. The minimum absolute atomic E-state index is 0.121. The summed E-state index contributed by atoms with van der Waals surface area (Å²) in [5.74, 6) is -0.591. The zero-order valence-corrected chi connectivity index (χ0v) is 31.8. The van der Waals surface area contributed by atoms with Crippen LogP contribution in [0.2, 0.25) is 0 Å². The summed E-state index contributed by atoms with van der Waals surface area (Å²) in [7, 11) is 0. The summed E-state index contributed by atoms with van der Waals surface area (Å²) in [6.07, 6.45) is -17.8. The van der Waals surface area contributed by atoms with Gasteiger partial charge in [0.2, 0.25) is 6.29 Å². The number of aliphatic hydroxyl groups excluding tert-OH is 11. The molecule has 3 aliphatic heterocycles. The molecule has 0 aromatic carbocycles. The Bertz CT molecular complexity index is 1450. The van der Waals surface area contributed by atoms with Crippen molar-refractivity contribution in [2.75, 3.05) is 19.8 Å². The lowest BCUT2D eigenvalue weighted by Crippen LogP contribution is -2.65. The Balaban J connectivity index is 1.10. The molecule has 18 heteroatoms. The van der Waals surface area contributed by atoms with Gasteiger partial charge >= 0.3 is 5.97 Å². The van der Waals surface area contributed by atoms with Crippen molar-refractivity contribution in [2.24, 2.45) is 28.1 Å². The van der Waals surface area contributed by atoms with Gasteiger partial charge in [0.25, 0.3) is 0 Å². The number of ether oxygens (including phenoxy) is 6. The van der Waals surface area contributed by atoms with E-state index in [-0.39, 0.29) is 22.7 Å². The third-order valence-corrected chi connectivity index (χ3v) is 15.0. The predicted octanol–water partition coefficient (Wildman–Crippen LogP) is -2.94. The number of hydrogen-bond acceptors (Lipinski definition) is 18. The fourth-order valence-corrected chi connectivity index (χ4v) is 12.0. The van der Waals surface area contributed by atoms with Crippen LogP contribution in [0.5, 0.6) is 0 Å². The third kappa shape index (κ3) is 6.69. The first-order valence-corrected chi connectivity index (χ1v) is 19.9. The minimum Gasteiger partial charge on any atom is -0.432 e. The van der Waals surface area contributed by atoms with E-state index in [0.29, 0.717) is 44.9 Å². The zero-order chi connectivity index (χ0) is 40.7. The van der Waals surface area contributed by atoms with Gasteiger partial charge in [-0.1, -0.05) is 19.9 Å². The molecule has 0 aromatic rings. The summed E-state index contributed by atoms with van der Waals surface area (Å²) < 4.78 is 35.6. The van der Waals surface area contributed by atoms with Gasteiger partial charge in [0.15, 0.2) is 12.6 Å². The molecule has 2 bridgehead atoms. The zero-order valence-electron chi connectivity index (χ0n) is 31.8. The lowest BCUT2D eigenvalue weighted by molar-refractivity contribution is -0.378.